The Bertz CT molecular complexity index is 117. The number of hydrogen-bond acceptors (Lipinski definition) is 2. The largest absolute Gasteiger partial charge is 0.316 e. The molecule has 0 saturated heterocycles. The van der Waals surface area contributed by atoms with E-state index in [0.717, 1.165) is 24.8 Å². The van der Waals surface area contributed by atoms with E-state index in [1.165, 1.54) is 6.42 Å². The fourth-order valence-corrected chi connectivity index (χ4v) is 1.06. The molecule has 0 aromatic rings. The van der Waals surface area contributed by atoms with Crippen LogP contribution in [0.15, 0.2) is 0 Å². The van der Waals surface area contributed by atoms with Gasteiger partial charge in [0.2, 0.25) is 0 Å². The van der Waals surface area contributed by atoms with Gasteiger partial charge in [-0.1, -0.05) is 6.92 Å². The third-order valence-electron chi connectivity index (χ3n) is 1.58. The molecule has 1 N–H and O–H groups in total. The predicted octanol–water partition coefficient (Wildman–Crippen LogP) is 1.74. The van der Waals surface area contributed by atoms with Gasteiger partial charge in [-0.2, -0.15) is 11.8 Å². The van der Waals surface area contributed by atoms with Gasteiger partial charge in [-0.15, -0.1) is 12.3 Å². The summed E-state index contributed by atoms with van der Waals surface area (Å²) >= 11 is 1.91. The first kappa shape index (κ1) is 10.9. The molecule has 1 atom stereocenters. The van der Waals surface area contributed by atoms with Gasteiger partial charge in [0.15, 0.2) is 0 Å². The first-order chi connectivity index (χ1) is 5.31. The Morgan fingerprint density at radius 2 is 2.27 bits per heavy atom. The third kappa shape index (κ3) is 7.77. The van der Waals surface area contributed by atoms with Crippen LogP contribution in [0.2, 0.25) is 0 Å². The van der Waals surface area contributed by atoms with Gasteiger partial charge in [0, 0.05) is 18.2 Å². The van der Waals surface area contributed by atoms with E-state index in [4.69, 9.17) is 6.42 Å². The lowest BCUT2D eigenvalue weighted by molar-refractivity contribution is 0.655. The summed E-state index contributed by atoms with van der Waals surface area (Å²) in [6.07, 6.45) is 9.32. The Morgan fingerprint density at radius 1 is 1.55 bits per heavy atom. The van der Waals surface area contributed by atoms with Crippen LogP contribution < -0.4 is 5.32 Å². The van der Waals surface area contributed by atoms with Gasteiger partial charge < -0.3 is 5.32 Å². The molecule has 64 valence electrons. The van der Waals surface area contributed by atoms with Crippen molar-refractivity contribution in [3.8, 4) is 12.3 Å². The fraction of sp³-hybridized carbons (Fsp3) is 0.778. The van der Waals surface area contributed by atoms with Gasteiger partial charge in [-0.05, 0) is 19.2 Å². The summed E-state index contributed by atoms with van der Waals surface area (Å²) in [5, 5.41) is 4.05. The minimum atomic E-state index is 0.758. The van der Waals surface area contributed by atoms with E-state index in [1.807, 2.05) is 11.8 Å². The predicted molar refractivity (Wildman–Crippen MR) is 53.9 cm³/mol. The molecule has 1 unspecified atom stereocenters. The zero-order valence-electron chi connectivity index (χ0n) is 7.39. The summed E-state index contributed by atoms with van der Waals surface area (Å²) in [7, 11) is 0. The second kappa shape index (κ2) is 7.97. The van der Waals surface area contributed by atoms with Crippen molar-refractivity contribution in [2.75, 3.05) is 19.3 Å². The van der Waals surface area contributed by atoms with E-state index in [-0.39, 0.29) is 0 Å². The molecule has 0 bridgehead atoms. The molecule has 0 aliphatic heterocycles. The molecule has 0 heterocycles. The number of rotatable bonds is 6. The summed E-state index contributed by atoms with van der Waals surface area (Å²) in [6.45, 7) is 4.29. The zero-order chi connectivity index (χ0) is 8.53. The van der Waals surface area contributed by atoms with Crippen molar-refractivity contribution in [2.45, 2.75) is 25.0 Å². The van der Waals surface area contributed by atoms with Gasteiger partial charge in [0.1, 0.15) is 0 Å². The molecule has 2 heteroatoms. The molecular formula is C9H17NS. The van der Waals surface area contributed by atoms with Crippen LogP contribution in [0, 0.1) is 12.3 Å². The summed E-state index contributed by atoms with van der Waals surface area (Å²) in [5.74, 6) is 2.60. The Morgan fingerprint density at radius 3 is 2.82 bits per heavy atom. The number of terminal acetylenes is 1. The summed E-state index contributed by atoms with van der Waals surface area (Å²) in [6, 6.07) is 0. The van der Waals surface area contributed by atoms with Crippen LogP contribution in [0.25, 0.3) is 0 Å². The highest BCUT2D eigenvalue weighted by molar-refractivity contribution is 7.99. The Balaban J connectivity index is 2.97. The molecule has 0 rings (SSSR count). The van der Waals surface area contributed by atoms with E-state index in [0.29, 0.717) is 0 Å². The molecule has 0 fully saturated rings. The Hall–Kier alpha value is -0.130. The van der Waals surface area contributed by atoms with Crippen LogP contribution in [0.4, 0.5) is 0 Å². The number of nitrogens with one attached hydrogen (secondary N) is 1. The highest BCUT2D eigenvalue weighted by atomic mass is 32.2. The Labute approximate surface area is 74.3 Å². The van der Waals surface area contributed by atoms with Gasteiger partial charge in [0.05, 0.1) is 0 Å². The lowest BCUT2D eigenvalue weighted by Gasteiger charge is -2.07. The average Bonchev–Trinajstić information content (AvgIpc) is 2.04. The normalized spacial score (nSPS) is 12.5. The first-order valence-corrected chi connectivity index (χ1v) is 5.27. The third-order valence-corrected chi connectivity index (χ3v) is 2.62. The summed E-state index contributed by atoms with van der Waals surface area (Å²) in [5.41, 5.74) is 0. The SMILES string of the molecule is C#CCCNCCC(C)SC. The molecule has 0 amide bonds. The van der Waals surface area contributed by atoms with Crippen molar-refractivity contribution in [1.29, 1.82) is 0 Å². The van der Waals surface area contributed by atoms with Crippen LogP contribution in [0.1, 0.15) is 19.8 Å². The van der Waals surface area contributed by atoms with E-state index in [9.17, 15) is 0 Å². The van der Waals surface area contributed by atoms with Crippen LogP contribution in [-0.4, -0.2) is 24.6 Å². The molecule has 0 aromatic heterocycles. The number of thioether (sulfide) groups is 1. The van der Waals surface area contributed by atoms with Crippen molar-refractivity contribution in [3.05, 3.63) is 0 Å². The maximum atomic E-state index is 5.10. The molecule has 0 saturated carbocycles. The van der Waals surface area contributed by atoms with Crippen molar-refractivity contribution in [1.82, 2.24) is 5.32 Å². The lowest BCUT2D eigenvalue weighted by atomic mass is 10.3. The molecule has 0 aliphatic carbocycles. The maximum absolute atomic E-state index is 5.10. The van der Waals surface area contributed by atoms with Gasteiger partial charge in [-0.3, -0.25) is 0 Å². The van der Waals surface area contributed by atoms with Crippen LogP contribution >= 0.6 is 11.8 Å². The van der Waals surface area contributed by atoms with Gasteiger partial charge >= 0.3 is 0 Å². The van der Waals surface area contributed by atoms with E-state index in [2.05, 4.69) is 24.4 Å². The average molecular weight is 171 g/mol. The van der Waals surface area contributed by atoms with Gasteiger partial charge in [0.25, 0.3) is 0 Å². The fourth-order valence-electron chi connectivity index (χ4n) is 0.709. The lowest BCUT2D eigenvalue weighted by Crippen LogP contribution is -2.18. The number of hydrogen-bond donors (Lipinski definition) is 1. The molecule has 0 aliphatic rings. The van der Waals surface area contributed by atoms with Crippen molar-refractivity contribution < 1.29 is 0 Å². The van der Waals surface area contributed by atoms with Crippen LogP contribution in [0.5, 0.6) is 0 Å². The standard InChI is InChI=1S/C9H17NS/c1-4-5-7-10-8-6-9(2)11-3/h1,9-10H,5-8H2,2-3H3. The topological polar surface area (TPSA) is 12.0 Å². The Kier molecular flexibility index (Phi) is 7.88. The summed E-state index contributed by atoms with van der Waals surface area (Å²) in [4.78, 5) is 0. The minimum Gasteiger partial charge on any atom is -0.316 e. The van der Waals surface area contributed by atoms with Crippen molar-refractivity contribution >= 4 is 11.8 Å². The molecule has 0 aromatic carbocycles. The molecule has 0 spiro atoms. The molecular weight excluding hydrogens is 154 g/mol. The molecule has 1 nitrogen and oxygen atoms in total. The first-order valence-electron chi connectivity index (χ1n) is 3.98. The van der Waals surface area contributed by atoms with Crippen LogP contribution in [-0.2, 0) is 0 Å². The molecule has 11 heavy (non-hydrogen) atoms. The van der Waals surface area contributed by atoms with Crippen molar-refractivity contribution in [3.63, 3.8) is 0 Å². The monoisotopic (exact) mass is 171 g/mol. The highest BCUT2D eigenvalue weighted by Crippen LogP contribution is 2.07. The maximum Gasteiger partial charge on any atom is 0.0211 e. The van der Waals surface area contributed by atoms with Gasteiger partial charge in [-0.25, -0.2) is 0 Å². The highest BCUT2D eigenvalue weighted by Gasteiger charge is 1.96. The smallest absolute Gasteiger partial charge is 0.0211 e. The minimum absolute atomic E-state index is 0.758. The zero-order valence-corrected chi connectivity index (χ0v) is 8.21. The van der Waals surface area contributed by atoms with E-state index >= 15 is 0 Å². The molecule has 0 radical (unpaired) electrons. The van der Waals surface area contributed by atoms with Crippen LogP contribution in [0.3, 0.4) is 0 Å². The van der Waals surface area contributed by atoms with E-state index in [1.54, 1.807) is 0 Å². The quantitative estimate of drug-likeness (QED) is 0.482. The van der Waals surface area contributed by atoms with Crippen molar-refractivity contribution in [2.24, 2.45) is 0 Å². The second-order valence-electron chi connectivity index (χ2n) is 2.54. The van der Waals surface area contributed by atoms with E-state index < -0.39 is 0 Å². The second-order valence-corrected chi connectivity index (χ2v) is 3.82. The summed E-state index contributed by atoms with van der Waals surface area (Å²) < 4.78 is 0.